The van der Waals surface area contributed by atoms with Gasteiger partial charge in [-0.05, 0) is 101 Å². The van der Waals surface area contributed by atoms with Crippen molar-refractivity contribution in [3.05, 3.63) is 76.9 Å². The molecule has 0 unspecified atom stereocenters. The van der Waals surface area contributed by atoms with E-state index >= 15 is 0 Å². The summed E-state index contributed by atoms with van der Waals surface area (Å²) >= 11 is 0. The third kappa shape index (κ3) is 11.2. The Labute approximate surface area is 269 Å². The maximum Gasteiger partial charge on any atom is 0.310 e. The van der Waals surface area contributed by atoms with Gasteiger partial charge in [-0.3, -0.25) is 4.79 Å². The van der Waals surface area contributed by atoms with Crippen molar-refractivity contribution in [3.8, 4) is 29.2 Å². The maximum atomic E-state index is 13.2. The fourth-order valence-electron chi connectivity index (χ4n) is 5.10. The number of rotatable bonds is 9. The fourth-order valence-corrected chi connectivity index (χ4v) is 5.10. The number of carbonyl (C=O) groups is 1. The molecule has 2 aromatic carbocycles. The number of carbonyl (C=O) groups excluding carboxylic acids is 1. The maximum absolute atomic E-state index is 13.2. The standard InChI is InChI=1S/C34H39FN2O3.C4H10O/c1-7-30-32(26-10-14-28(15-11-26)39-21-16-25-8-12-27(35)13-9-25)33(37-19-17-34(5,6)18-20-37)29(24(4)36-30)22-31(38)40-23(2)3;1-4(2,3)5/h1,8-15,23H,16-22H2,2-6H3;5H,1-3H3. The average Bonchev–Trinajstić information content (AvgIpc) is 2.94. The molecule has 1 saturated heterocycles. The van der Waals surface area contributed by atoms with Gasteiger partial charge < -0.3 is 19.5 Å². The van der Waals surface area contributed by atoms with E-state index in [4.69, 9.17) is 26.0 Å². The number of benzene rings is 2. The molecule has 45 heavy (non-hydrogen) atoms. The van der Waals surface area contributed by atoms with Gasteiger partial charge in [0.1, 0.15) is 17.3 Å². The summed E-state index contributed by atoms with van der Waals surface area (Å²) in [6.07, 6.45) is 8.70. The zero-order chi connectivity index (χ0) is 33.4. The number of aromatic nitrogens is 1. The number of nitrogens with zero attached hydrogens (tertiary/aromatic N) is 2. The van der Waals surface area contributed by atoms with Gasteiger partial charge in [0.15, 0.2) is 0 Å². The first-order chi connectivity index (χ1) is 21.1. The third-order valence-corrected chi connectivity index (χ3v) is 7.45. The van der Waals surface area contributed by atoms with Gasteiger partial charge in [-0.2, -0.15) is 0 Å². The van der Waals surface area contributed by atoms with Crippen LogP contribution in [0.25, 0.3) is 11.1 Å². The number of esters is 1. The van der Waals surface area contributed by atoms with E-state index in [1.54, 1.807) is 32.9 Å². The molecule has 0 amide bonds. The second-order valence-electron chi connectivity index (χ2n) is 13.7. The van der Waals surface area contributed by atoms with Crippen molar-refractivity contribution in [2.75, 3.05) is 24.6 Å². The summed E-state index contributed by atoms with van der Waals surface area (Å²) < 4.78 is 24.7. The van der Waals surface area contributed by atoms with E-state index in [1.807, 2.05) is 45.0 Å². The molecule has 0 spiro atoms. The molecule has 1 fully saturated rings. The Kier molecular flexibility index (Phi) is 12.2. The monoisotopic (exact) mass is 616 g/mol. The van der Waals surface area contributed by atoms with Crippen molar-refractivity contribution in [2.45, 2.75) is 92.8 Å². The van der Waals surface area contributed by atoms with Gasteiger partial charge >= 0.3 is 5.97 Å². The Morgan fingerprint density at radius 1 is 1.09 bits per heavy atom. The van der Waals surface area contributed by atoms with Crippen molar-refractivity contribution in [1.82, 2.24) is 4.98 Å². The van der Waals surface area contributed by atoms with E-state index in [-0.39, 0.29) is 29.7 Å². The van der Waals surface area contributed by atoms with Crippen LogP contribution in [-0.4, -0.2) is 47.5 Å². The number of aryl methyl sites for hydroxylation is 1. The zero-order valence-corrected chi connectivity index (χ0v) is 28.2. The zero-order valence-electron chi connectivity index (χ0n) is 28.2. The molecule has 0 aliphatic carbocycles. The van der Waals surface area contributed by atoms with Gasteiger partial charge in [-0.15, -0.1) is 6.42 Å². The summed E-state index contributed by atoms with van der Waals surface area (Å²) in [7, 11) is 0. The van der Waals surface area contributed by atoms with Gasteiger partial charge in [-0.25, -0.2) is 9.37 Å². The van der Waals surface area contributed by atoms with E-state index in [0.717, 1.165) is 65.3 Å². The summed E-state index contributed by atoms with van der Waals surface area (Å²) in [6.45, 7) is 17.7. The Bertz CT molecular complexity index is 1450. The van der Waals surface area contributed by atoms with Gasteiger partial charge in [-0.1, -0.05) is 38.1 Å². The van der Waals surface area contributed by atoms with Crippen LogP contribution in [-0.2, 0) is 22.4 Å². The molecule has 2 heterocycles. The van der Waals surface area contributed by atoms with Crippen LogP contribution in [0.2, 0.25) is 0 Å². The molecule has 0 bridgehead atoms. The Morgan fingerprint density at radius 3 is 2.20 bits per heavy atom. The van der Waals surface area contributed by atoms with Gasteiger partial charge in [0, 0.05) is 36.3 Å². The number of hydrogen-bond donors (Lipinski definition) is 1. The molecule has 1 aliphatic heterocycles. The summed E-state index contributed by atoms with van der Waals surface area (Å²) in [5, 5.41) is 8.52. The smallest absolute Gasteiger partial charge is 0.310 e. The lowest BCUT2D eigenvalue weighted by Crippen LogP contribution is -2.38. The number of piperidine rings is 1. The van der Waals surface area contributed by atoms with Crippen molar-refractivity contribution in [2.24, 2.45) is 5.41 Å². The number of pyridine rings is 1. The van der Waals surface area contributed by atoms with Crippen molar-refractivity contribution < 1.29 is 23.8 Å². The van der Waals surface area contributed by atoms with Crippen LogP contribution < -0.4 is 9.64 Å². The molecular weight excluding hydrogens is 567 g/mol. The van der Waals surface area contributed by atoms with Gasteiger partial charge in [0.2, 0.25) is 0 Å². The van der Waals surface area contributed by atoms with Crippen LogP contribution in [0.3, 0.4) is 0 Å². The van der Waals surface area contributed by atoms with Crippen molar-refractivity contribution in [1.29, 1.82) is 0 Å². The molecule has 4 rings (SSSR count). The molecule has 7 heteroatoms. The largest absolute Gasteiger partial charge is 0.493 e. The van der Waals surface area contributed by atoms with Crippen LogP contribution in [0.4, 0.5) is 10.1 Å². The number of anilines is 1. The highest BCUT2D eigenvalue weighted by Crippen LogP contribution is 2.42. The Morgan fingerprint density at radius 2 is 1.67 bits per heavy atom. The Hall–Kier alpha value is -3.89. The number of aliphatic hydroxyl groups is 1. The molecule has 0 saturated carbocycles. The summed E-state index contributed by atoms with van der Waals surface area (Å²) in [6, 6.07) is 14.3. The van der Waals surface area contributed by atoms with Crippen LogP contribution in [0.1, 0.15) is 83.8 Å². The number of terminal acetylenes is 1. The lowest BCUT2D eigenvalue weighted by atomic mass is 9.82. The lowest BCUT2D eigenvalue weighted by molar-refractivity contribution is -0.146. The molecule has 0 atom stereocenters. The predicted molar refractivity (Wildman–Crippen MR) is 180 cm³/mol. The minimum atomic E-state index is -0.500. The summed E-state index contributed by atoms with van der Waals surface area (Å²) in [5.41, 5.74) is 5.70. The van der Waals surface area contributed by atoms with E-state index in [2.05, 4.69) is 24.7 Å². The minimum Gasteiger partial charge on any atom is -0.493 e. The highest BCUT2D eigenvalue weighted by molar-refractivity contribution is 5.88. The molecule has 1 aromatic heterocycles. The molecular formula is C38H49FN2O4. The van der Waals surface area contributed by atoms with Crippen LogP contribution >= 0.6 is 0 Å². The van der Waals surface area contributed by atoms with Crippen LogP contribution in [0.15, 0.2) is 48.5 Å². The molecule has 3 aromatic rings. The first kappa shape index (κ1) is 35.6. The Balaban J connectivity index is 0.00000102. The number of ether oxygens (including phenoxy) is 2. The number of halogens is 1. The first-order valence-corrected chi connectivity index (χ1v) is 15.7. The molecule has 242 valence electrons. The highest BCUT2D eigenvalue weighted by atomic mass is 19.1. The second-order valence-corrected chi connectivity index (χ2v) is 13.7. The molecule has 0 radical (unpaired) electrons. The van der Waals surface area contributed by atoms with Gasteiger partial charge in [0.05, 0.1) is 30.4 Å². The molecule has 1 aliphatic rings. The van der Waals surface area contributed by atoms with E-state index in [1.165, 1.54) is 12.1 Å². The molecule has 6 nitrogen and oxygen atoms in total. The summed E-state index contributed by atoms with van der Waals surface area (Å²) in [4.78, 5) is 20.0. The SMILES string of the molecule is C#Cc1nc(C)c(CC(=O)OC(C)C)c(N2CCC(C)(C)CC2)c1-c1ccc(OCCc2ccc(F)cc2)cc1.CC(C)(C)O. The summed E-state index contributed by atoms with van der Waals surface area (Å²) in [5.74, 6) is 3.01. The third-order valence-electron chi connectivity index (χ3n) is 7.45. The lowest BCUT2D eigenvalue weighted by Gasteiger charge is -2.40. The predicted octanol–water partition coefficient (Wildman–Crippen LogP) is 7.70. The normalized spacial score (nSPS) is 14.3. The van der Waals surface area contributed by atoms with E-state index in [9.17, 15) is 9.18 Å². The van der Waals surface area contributed by atoms with Crippen molar-refractivity contribution in [3.63, 3.8) is 0 Å². The fraction of sp³-hybridized carbons (Fsp3) is 0.474. The van der Waals surface area contributed by atoms with Crippen LogP contribution in [0.5, 0.6) is 5.75 Å². The topological polar surface area (TPSA) is 71.9 Å². The van der Waals surface area contributed by atoms with Crippen LogP contribution in [0, 0.1) is 30.5 Å². The van der Waals surface area contributed by atoms with Gasteiger partial charge in [0.25, 0.3) is 0 Å². The minimum absolute atomic E-state index is 0.134. The number of hydrogen-bond acceptors (Lipinski definition) is 6. The molecule has 1 N–H and O–H groups in total. The van der Waals surface area contributed by atoms with E-state index in [0.29, 0.717) is 18.7 Å². The van der Waals surface area contributed by atoms with Crippen molar-refractivity contribution >= 4 is 11.7 Å². The highest BCUT2D eigenvalue weighted by Gasteiger charge is 2.31. The first-order valence-electron chi connectivity index (χ1n) is 15.7. The van der Waals surface area contributed by atoms with E-state index < -0.39 is 5.60 Å². The quantitative estimate of drug-likeness (QED) is 0.196. The second kappa shape index (κ2) is 15.4. The average molecular weight is 617 g/mol.